The lowest BCUT2D eigenvalue weighted by Gasteiger charge is -2.48. The van der Waals surface area contributed by atoms with Gasteiger partial charge in [-0.2, -0.15) is 0 Å². The van der Waals surface area contributed by atoms with Crippen molar-refractivity contribution < 1.29 is 89.4 Å². The number of aliphatic hydroxyl groups excluding tert-OH is 11. The van der Waals surface area contributed by atoms with Gasteiger partial charge >= 0.3 is 0 Å². The molecular formula is C67H127NO18. The zero-order valence-corrected chi connectivity index (χ0v) is 53.6. The molecule has 19 heteroatoms. The summed E-state index contributed by atoms with van der Waals surface area (Å²) in [6, 6.07) is -0.886. The van der Waals surface area contributed by atoms with E-state index in [-0.39, 0.29) is 18.9 Å². The minimum Gasteiger partial charge on any atom is -0.394 e. The molecule has 508 valence electrons. The third kappa shape index (κ3) is 32.2. The van der Waals surface area contributed by atoms with Gasteiger partial charge in [-0.25, -0.2) is 0 Å². The molecule has 17 unspecified atom stereocenters. The van der Waals surface area contributed by atoms with Gasteiger partial charge in [-0.3, -0.25) is 4.79 Å². The molecule has 3 aliphatic rings. The van der Waals surface area contributed by atoms with Crippen LogP contribution < -0.4 is 5.32 Å². The van der Waals surface area contributed by atoms with Crippen molar-refractivity contribution in [2.24, 2.45) is 0 Å². The van der Waals surface area contributed by atoms with Gasteiger partial charge in [-0.05, 0) is 38.5 Å². The summed E-state index contributed by atoms with van der Waals surface area (Å²) < 4.78 is 34.4. The van der Waals surface area contributed by atoms with Gasteiger partial charge in [-0.1, -0.05) is 244 Å². The normalized spacial score (nSPS) is 28.8. The van der Waals surface area contributed by atoms with Crippen molar-refractivity contribution in [2.75, 3.05) is 26.4 Å². The second-order valence-corrected chi connectivity index (χ2v) is 25.3. The maximum Gasteiger partial charge on any atom is 0.220 e. The van der Waals surface area contributed by atoms with E-state index >= 15 is 0 Å². The highest BCUT2D eigenvalue weighted by Gasteiger charge is 2.53. The summed E-state index contributed by atoms with van der Waals surface area (Å²) in [5.74, 6) is -0.241. The van der Waals surface area contributed by atoms with Crippen LogP contribution >= 0.6 is 0 Å². The molecule has 1 amide bonds. The lowest BCUT2D eigenvalue weighted by molar-refractivity contribution is -0.379. The first-order valence-electron chi connectivity index (χ1n) is 34.9. The van der Waals surface area contributed by atoms with E-state index in [2.05, 4.69) is 31.3 Å². The molecular weight excluding hydrogens is 1110 g/mol. The zero-order chi connectivity index (χ0) is 62.6. The molecule has 0 aliphatic carbocycles. The van der Waals surface area contributed by atoms with Gasteiger partial charge in [0.2, 0.25) is 5.91 Å². The van der Waals surface area contributed by atoms with Crippen LogP contribution in [0, 0.1) is 0 Å². The molecule has 0 aromatic heterocycles. The summed E-state index contributed by atoms with van der Waals surface area (Å²) in [6.07, 6.45) is 27.1. The predicted octanol–water partition coefficient (Wildman–Crippen LogP) is 8.89. The Balaban J connectivity index is 1.44. The Labute approximate surface area is 518 Å². The Morgan fingerprint density at radius 3 is 1.13 bits per heavy atom. The summed E-state index contributed by atoms with van der Waals surface area (Å²) in [4.78, 5) is 13.4. The molecule has 12 N–H and O–H groups in total. The average Bonchev–Trinajstić information content (AvgIpc) is 2.80. The molecule has 3 fully saturated rings. The van der Waals surface area contributed by atoms with Gasteiger partial charge in [-0.15, -0.1) is 0 Å². The number of aliphatic hydroxyl groups is 11. The second-order valence-electron chi connectivity index (χ2n) is 25.3. The third-order valence-electron chi connectivity index (χ3n) is 17.8. The first kappa shape index (κ1) is 78.8. The quantitative estimate of drug-likeness (QED) is 0.0200. The molecule has 3 rings (SSSR count). The van der Waals surface area contributed by atoms with Crippen LogP contribution in [0.5, 0.6) is 0 Å². The molecule has 3 aliphatic heterocycles. The maximum absolute atomic E-state index is 13.4. The highest BCUT2D eigenvalue weighted by atomic mass is 16.8. The topological polar surface area (TPSA) is 307 Å². The fourth-order valence-corrected chi connectivity index (χ4v) is 12.1. The molecule has 3 saturated heterocycles. The molecule has 0 spiro atoms. The van der Waals surface area contributed by atoms with Gasteiger partial charge in [0.05, 0.1) is 38.6 Å². The summed E-state index contributed by atoms with van der Waals surface area (Å²) in [6.45, 7) is 1.83. The molecule has 3 heterocycles. The SMILES string of the molecule is CCCCCCCC/C=C\CCCCCCCCCCCC(=O)NC(COC1OC(CO)C(OC2OC(CO)C(OC3OC(CO)C(O)C(O)C3O)C(O)C2O)C(O)C1O)C(O)CCCCCCCCCCCCCCCCCCCCCCCC. The Bertz CT molecular complexity index is 1620. The maximum atomic E-state index is 13.4. The minimum atomic E-state index is -1.97. The van der Waals surface area contributed by atoms with Crippen molar-refractivity contribution in [3.05, 3.63) is 12.2 Å². The molecule has 0 aromatic rings. The van der Waals surface area contributed by atoms with E-state index in [0.29, 0.717) is 12.8 Å². The van der Waals surface area contributed by atoms with Gasteiger partial charge in [0, 0.05) is 6.42 Å². The highest BCUT2D eigenvalue weighted by Crippen LogP contribution is 2.33. The van der Waals surface area contributed by atoms with Gasteiger partial charge in [0.1, 0.15) is 73.2 Å². The van der Waals surface area contributed by atoms with Crippen LogP contribution in [0.4, 0.5) is 0 Å². The number of rotatable bonds is 54. The largest absolute Gasteiger partial charge is 0.394 e. The van der Waals surface area contributed by atoms with Crippen molar-refractivity contribution in [2.45, 2.75) is 381 Å². The van der Waals surface area contributed by atoms with E-state index in [4.69, 9.17) is 28.4 Å². The number of hydrogen-bond acceptors (Lipinski definition) is 18. The summed E-state index contributed by atoms with van der Waals surface area (Å²) in [7, 11) is 0. The van der Waals surface area contributed by atoms with E-state index in [0.717, 1.165) is 51.4 Å². The second kappa shape index (κ2) is 50.1. The number of amides is 1. The first-order valence-corrected chi connectivity index (χ1v) is 34.9. The van der Waals surface area contributed by atoms with E-state index in [9.17, 15) is 61.0 Å². The van der Waals surface area contributed by atoms with Gasteiger partial charge in [0.25, 0.3) is 0 Å². The molecule has 0 radical (unpaired) electrons. The fraction of sp³-hybridized carbons (Fsp3) is 0.955. The fourth-order valence-electron chi connectivity index (χ4n) is 12.1. The first-order chi connectivity index (χ1) is 41.8. The van der Waals surface area contributed by atoms with Crippen LogP contribution in [-0.4, -0.2) is 193 Å². The number of hydrogen-bond donors (Lipinski definition) is 12. The Kier molecular flexibility index (Phi) is 45.9. The van der Waals surface area contributed by atoms with Crippen molar-refractivity contribution >= 4 is 5.91 Å². The van der Waals surface area contributed by atoms with E-state index in [1.807, 2.05) is 0 Å². The molecule has 0 aromatic carbocycles. The Morgan fingerprint density at radius 2 is 0.733 bits per heavy atom. The molecule has 0 saturated carbocycles. The van der Waals surface area contributed by atoms with E-state index < -0.39 is 124 Å². The number of unbranched alkanes of at least 4 members (excludes halogenated alkanes) is 36. The van der Waals surface area contributed by atoms with E-state index in [1.54, 1.807) is 0 Å². The smallest absolute Gasteiger partial charge is 0.220 e. The third-order valence-corrected chi connectivity index (χ3v) is 17.8. The van der Waals surface area contributed by atoms with Crippen LogP contribution in [-0.2, 0) is 33.2 Å². The number of carbonyl (C=O) groups is 1. The summed E-state index contributed by atoms with van der Waals surface area (Å²) in [5.41, 5.74) is 0. The monoisotopic (exact) mass is 1230 g/mol. The van der Waals surface area contributed by atoms with Crippen molar-refractivity contribution in [3.63, 3.8) is 0 Å². The van der Waals surface area contributed by atoms with Crippen LogP contribution in [0.1, 0.15) is 277 Å². The molecule has 19 nitrogen and oxygen atoms in total. The molecule has 0 bridgehead atoms. The van der Waals surface area contributed by atoms with Gasteiger partial charge in [0.15, 0.2) is 18.9 Å². The summed E-state index contributed by atoms with van der Waals surface area (Å²) >= 11 is 0. The number of carbonyl (C=O) groups excluding carboxylic acids is 1. The van der Waals surface area contributed by atoms with Crippen molar-refractivity contribution in [1.82, 2.24) is 5.32 Å². The standard InChI is InChI=1S/C67H127NO18/c1-3-5-7-9-11-13-15-17-19-21-23-24-25-27-28-30-32-34-36-38-40-42-44-51(72)50(68-55(73)45-43-41-39-37-35-33-31-29-26-22-20-18-16-14-12-10-8-6-4-2)49-81-65-61(79)58(76)63(53(47-70)83-65)86-67-62(80)59(77)64(54(48-71)84-67)85-66-60(78)57(75)56(74)52(46-69)82-66/h18,20,50-54,56-67,69-72,74-80H,3-17,19,21-49H2,1-2H3,(H,68,73)/b20-18-. The Morgan fingerprint density at radius 1 is 0.407 bits per heavy atom. The van der Waals surface area contributed by atoms with Crippen LogP contribution in [0.15, 0.2) is 12.2 Å². The highest BCUT2D eigenvalue weighted by molar-refractivity contribution is 5.76. The lowest BCUT2D eigenvalue weighted by atomic mass is 9.96. The summed E-state index contributed by atoms with van der Waals surface area (Å²) in [5, 5.41) is 121. The zero-order valence-electron chi connectivity index (χ0n) is 53.6. The Hall–Kier alpha value is -1.47. The number of ether oxygens (including phenoxy) is 6. The lowest BCUT2D eigenvalue weighted by Crippen LogP contribution is -2.66. The average molecular weight is 1230 g/mol. The van der Waals surface area contributed by atoms with Crippen LogP contribution in [0.25, 0.3) is 0 Å². The van der Waals surface area contributed by atoms with E-state index in [1.165, 1.54) is 193 Å². The van der Waals surface area contributed by atoms with Crippen molar-refractivity contribution in [1.29, 1.82) is 0 Å². The van der Waals surface area contributed by atoms with Crippen LogP contribution in [0.3, 0.4) is 0 Å². The number of nitrogens with one attached hydrogen (secondary N) is 1. The number of allylic oxidation sites excluding steroid dienone is 2. The van der Waals surface area contributed by atoms with Crippen molar-refractivity contribution in [3.8, 4) is 0 Å². The minimum absolute atomic E-state index is 0.241. The molecule has 86 heavy (non-hydrogen) atoms. The van der Waals surface area contributed by atoms with Gasteiger partial charge < -0.3 is 89.9 Å². The van der Waals surface area contributed by atoms with Crippen LogP contribution in [0.2, 0.25) is 0 Å². The molecule has 17 atom stereocenters. The predicted molar refractivity (Wildman–Crippen MR) is 333 cm³/mol.